The highest BCUT2D eigenvalue weighted by atomic mass is 31.2. The number of ether oxygens (including phenoxy) is 2. The van der Waals surface area contributed by atoms with Crippen LogP contribution < -0.4 is 16.3 Å². The number of aromatic nitrogens is 2. The van der Waals surface area contributed by atoms with Crippen LogP contribution in [0.4, 0.5) is 0 Å². The Bertz CT molecular complexity index is 563. The molecule has 1 aromatic rings. The van der Waals surface area contributed by atoms with Crippen LogP contribution in [0, 0.1) is 0 Å². The van der Waals surface area contributed by atoms with Crippen molar-refractivity contribution in [2.45, 2.75) is 32.6 Å². The van der Waals surface area contributed by atoms with E-state index in [2.05, 4.69) is 10.1 Å². The molecule has 3 unspecified atom stereocenters. The summed E-state index contributed by atoms with van der Waals surface area (Å²) in [4.78, 5) is 34.6. The van der Waals surface area contributed by atoms with Gasteiger partial charge in [0.25, 0.3) is 14.1 Å². The summed E-state index contributed by atoms with van der Waals surface area (Å²) in [6.45, 7) is 4.75. The van der Waals surface area contributed by atoms with Crippen LogP contribution in [0.1, 0.15) is 26.5 Å². The highest BCUT2D eigenvalue weighted by molar-refractivity contribution is 7.43. The highest BCUT2D eigenvalue weighted by Gasteiger charge is 2.16. The molecule has 0 bridgehead atoms. The summed E-state index contributed by atoms with van der Waals surface area (Å²) in [6.07, 6.45) is 1.15. The number of H-pyrrole nitrogens is 1. The number of rotatable bonds is 11. The lowest BCUT2D eigenvalue weighted by Gasteiger charge is -2.23. The second-order valence-corrected chi connectivity index (χ2v) is 5.87. The molecule has 1 heterocycles. The number of nitrogens with one attached hydrogen (secondary N) is 2. The Kier molecular flexibility index (Phi) is 9.23. The van der Waals surface area contributed by atoms with E-state index in [1.54, 1.807) is 14.0 Å². The summed E-state index contributed by atoms with van der Waals surface area (Å²) in [5, 5.41) is 2.79. The van der Waals surface area contributed by atoms with Crippen molar-refractivity contribution < 1.29 is 18.9 Å². The number of hydrogen-bond acceptors (Lipinski definition) is 7. The summed E-state index contributed by atoms with van der Waals surface area (Å²) >= 11 is 0. The highest BCUT2D eigenvalue weighted by Crippen LogP contribution is 2.26. The first-order chi connectivity index (χ1) is 11.0. The van der Waals surface area contributed by atoms with Crippen LogP contribution in [0.3, 0.4) is 0 Å². The molecule has 0 aliphatic carbocycles. The third-order valence-corrected chi connectivity index (χ3v) is 3.91. The molecule has 9 nitrogen and oxygen atoms in total. The molecule has 0 saturated carbocycles. The van der Waals surface area contributed by atoms with Crippen molar-refractivity contribution >= 4 is 8.53 Å². The Labute approximate surface area is 135 Å². The molecule has 0 saturated heterocycles. The lowest BCUT2D eigenvalue weighted by Crippen LogP contribution is -2.33. The maximum Gasteiger partial charge on any atom is 0.330 e. The van der Waals surface area contributed by atoms with Gasteiger partial charge in [0.05, 0.1) is 19.3 Å². The van der Waals surface area contributed by atoms with Gasteiger partial charge in [-0.2, -0.15) is 0 Å². The lowest BCUT2D eigenvalue weighted by molar-refractivity contribution is -0.0640. The van der Waals surface area contributed by atoms with Crippen LogP contribution in [0.25, 0.3) is 0 Å². The Morgan fingerprint density at radius 2 is 2.22 bits per heavy atom. The topological polar surface area (TPSA) is 115 Å². The van der Waals surface area contributed by atoms with Gasteiger partial charge in [0, 0.05) is 25.9 Å². The smallest absolute Gasteiger partial charge is 0.330 e. The third kappa shape index (κ3) is 7.34. The lowest BCUT2D eigenvalue weighted by atomic mass is 10.3. The van der Waals surface area contributed by atoms with Gasteiger partial charge in [0.1, 0.15) is 6.23 Å². The Hall–Kier alpha value is -1.09. The first-order valence-corrected chi connectivity index (χ1v) is 8.50. The van der Waals surface area contributed by atoms with Gasteiger partial charge < -0.3 is 18.9 Å². The molecule has 0 amide bonds. The molecule has 132 valence electrons. The quantitative estimate of drug-likeness (QED) is 0.389. The Balaban J connectivity index is 2.48. The normalized spacial score (nSPS) is 15.3. The van der Waals surface area contributed by atoms with Gasteiger partial charge in [-0.05, 0) is 13.3 Å². The van der Waals surface area contributed by atoms with E-state index in [9.17, 15) is 14.5 Å². The number of hydrogen-bond donors (Lipinski definition) is 3. The molecule has 23 heavy (non-hydrogen) atoms. The van der Waals surface area contributed by atoms with Crippen molar-refractivity contribution in [3.05, 3.63) is 33.1 Å². The van der Waals surface area contributed by atoms with Crippen molar-refractivity contribution in [3.8, 4) is 0 Å². The van der Waals surface area contributed by atoms with Crippen LogP contribution in [0.2, 0.25) is 0 Å². The monoisotopic (exact) mass is 349 g/mol. The molecule has 0 fully saturated rings. The summed E-state index contributed by atoms with van der Waals surface area (Å²) in [5.41, 5.74) is -0.992. The van der Waals surface area contributed by atoms with Gasteiger partial charge in [0.2, 0.25) is 0 Å². The largest absolute Gasteiger partial charge is 0.383 e. The summed E-state index contributed by atoms with van der Waals surface area (Å²) in [7, 11) is -0.174. The fourth-order valence-corrected chi connectivity index (χ4v) is 2.44. The maximum absolute atomic E-state index is 11.7. The molecule has 0 aromatic carbocycles. The van der Waals surface area contributed by atoms with Crippen molar-refractivity contribution in [1.29, 1.82) is 0 Å². The van der Waals surface area contributed by atoms with E-state index < -0.39 is 26.0 Å². The molecule has 0 aliphatic rings. The third-order valence-electron chi connectivity index (χ3n) is 3.02. The molecule has 0 spiro atoms. The minimum absolute atomic E-state index is 0.182. The standard InChI is InChI=1S/C13H24N3O6P/c1-4-11(9-21-23(19)14-6-8-20-3)22-10(2)16-7-5-12(17)15-13(16)18/h5,7,10-11,14,19H,4,6,8-9H2,1-3H3,(H,15,17,18). The SMILES string of the molecule is CCC(COP(O)NCCOC)OC(C)n1ccc(=O)[nH]c1=O. The number of nitrogens with zero attached hydrogens (tertiary/aromatic N) is 1. The maximum atomic E-state index is 11.7. The molecule has 1 rings (SSSR count). The predicted molar refractivity (Wildman–Crippen MR) is 86.2 cm³/mol. The van der Waals surface area contributed by atoms with Gasteiger partial charge >= 0.3 is 5.69 Å². The minimum atomic E-state index is -1.75. The van der Waals surface area contributed by atoms with Gasteiger partial charge in [-0.1, -0.05) is 6.92 Å². The fraction of sp³-hybridized carbons (Fsp3) is 0.692. The molecule has 0 radical (unpaired) electrons. The molecule has 0 aliphatic heterocycles. The Morgan fingerprint density at radius 1 is 1.48 bits per heavy atom. The van der Waals surface area contributed by atoms with Crippen molar-refractivity contribution in [2.75, 3.05) is 26.9 Å². The zero-order chi connectivity index (χ0) is 17.2. The Morgan fingerprint density at radius 3 is 2.83 bits per heavy atom. The van der Waals surface area contributed by atoms with E-state index in [-0.39, 0.29) is 12.7 Å². The molecule has 1 aromatic heterocycles. The molecule has 10 heteroatoms. The summed E-state index contributed by atoms with van der Waals surface area (Å²) in [5.74, 6) is 0. The molecular weight excluding hydrogens is 325 g/mol. The fourth-order valence-electron chi connectivity index (χ4n) is 1.75. The van der Waals surface area contributed by atoms with Crippen molar-refractivity contribution in [3.63, 3.8) is 0 Å². The van der Waals surface area contributed by atoms with E-state index >= 15 is 0 Å². The van der Waals surface area contributed by atoms with Gasteiger partial charge in [0.15, 0.2) is 0 Å². The van der Waals surface area contributed by atoms with Gasteiger partial charge in [-0.25, -0.2) is 9.88 Å². The molecular formula is C13H24N3O6P. The van der Waals surface area contributed by atoms with Gasteiger partial charge in [-0.15, -0.1) is 0 Å². The minimum Gasteiger partial charge on any atom is -0.383 e. The molecule has 3 N–H and O–H groups in total. The average Bonchev–Trinajstić information content (AvgIpc) is 2.51. The van der Waals surface area contributed by atoms with Crippen molar-refractivity contribution in [1.82, 2.24) is 14.6 Å². The zero-order valence-corrected chi connectivity index (χ0v) is 14.4. The van der Waals surface area contributed by atoms with Crippen molar-refractivity contribution in [2.24, 2.45) is 0 Å². The number of aromatic amines is 1. The second kappa shape index (κ2) is 10.6. The number of methoxy groups -OCH3 is 1. The van der Waals surface area contributed by atoms with Crippen LogP contribution >= 0.6 is 8.53 Å². The average molecular weight is 349 g/mol. The predicted octanol–water partition coefficient (Wildman–Crippen LogP) is 0.322. The molecule has 3 atom stereocenters. The van der Waals surface area contributed by atoms with Crippen LogP contribution in [0.5, 0.6) is 0 Å². The zero-order valence-electron chi connectivity index (χ0n) is 13.5. The van der Waals surface area contributed by atoms with Crippen LogP contribution in [-0.2, 0) is 14.0 Å². The second-order valence-electron chi connectivity index (χ2n) is 4.75. The van der Waals surface area contributed by atoms with E-state index in [0.717, 1.165) is 0 Å². The summed E-state index contributed by atoms with van der Waals surface area (Å²) in [6, 6.07) is 1.26. The van der Waals surface area contributed by atoms with Gasteiger partial charge in [-0.3, -0.25) is 14.3 Å². The van der Waals surface area contributed by atoms with E-state index in [1.807, 2.05) is 6.92 Å². The van der Waals surface area contributed by atoms with Crippen LogP contribution in [0.15, 0.2) is 21.9 Å². The first kappa shape index (κ1) is 20.0. The van der Waals surface area contributed by atoms with E-state index in [4.69, 9.17) is 14.0 Å². The first-order valence-electron chi connectivity index (χ1n) is 7.29. The van der Waals surface area contributed by atoms with Crippen LogP contribution in [-0.4, -0.2) is 47.4 Å². The van der Waals surface area contributed by atoms with E-state index in [1.165, 1.54) is 16.8 Å². The van der Waals surface area contributed by atoms with E-state index in [0.29, 0.717) is 19.6 Å². The summed E-state index contributed by atoms with van der Waals surface area (Å²) < 4.78 is 17.2.